The van der Waals surface area contributed by atoms with Crippen molar-refractivity contribution in [1.82, 2.24) is 0 Å². The molecule has 0 unspecified atom stereocenters. The molecule has 9 rings (SSSR count). The summed E-state index contributed by atoms with van der Waals surface area (Å²) in [6.45, 7) is 14.1. The fourth-order valence-electron chi connectivity index (χ4n) is 16.4. The fourth-order valence-corrected chi connectivity index (χ4v) is 16.4. The first-order chi connectivity index (χ1) is 36.5. The van der Waals surface area contributed by atoms with Gasteiger partial charge in [-0.2, -0.15) is 0 Å². The monoisotopic (exact) mass is 1120 g/mol. The summed E-state index contributed by atoms with van der Waals surface area (Å²) < 4.78 is 53.3. The third kappa shape index (κ3) is 10.0. The molecule has 0 aromatic carbocycles. The van der Waals surface area contributed by atoms with Gasteiger partial charge in [0.1, 0.15) is 73.2 Å². The number of ether oxygens (including phenoxy) is 9. The highest BCUT2D eigenvalue weighted by Crippen LogP contribution is 2.76. The first-order valence-electron chi connectivity index (χ1n) is 28.1. The van der Waals surface area contributed by atoms with Crippen LogP contribution in [0.3, 0.4) is 0 Å². The Morgan fingerprint density at radius 2 is 1.28 bits per heavy atom. The van der Waals surface area contributed by atoms with E-state index in [1.165, 1.54) is 12.5 Å². The summed E-state index contributed by atoms with van der Waals surface area (Å²) in [5, 5.41) is 130. The molecule has 4 saturated heterocycles. The fraction of sp³-hybridized carbons (Fsp3) is 0.927. The molecular weight excluding hydrogens is 1030 g/mol. The van der Waals surface area contributed by atoms with Crippen molar-refractivity contribution in [2.24, 2.45) is 50.2 Å². The van der Waals surface area contributed by atoms with E-state index in [1.807, 2.05) is 6.92 Å². The summed E-state index contributed by atoms with van der Waals surface area (Å²) >= 11 is 0. The highest BCUT2D eigenvalue weighted by molar-refractivity contribution is 5.79. The van der Waals surface area contributed by atoms with Gasteiger partial charge < -0.3 is 104 Å². The van der Waals surface area contributed by atoms with E-state index in [4.69, 9.17) is 42.6 Å². The minimum Gasteiger partial charge on any atom is -0.457 e. The van der Waals surface area contributed by atoms with Gasteiger partial charge in [-0.25, -0.2) is 0 Å². The van der Waals surface area contributed by atoms with Gasteiger partial charge in [0.15, 0.2) is 31.1 Å². The lowest BCUT2D eigenvalue weighted by Crippen LogP contribution is -2.67. The standard InChI is InChI=1S/C55H88O23/c1-24-34(60)37(63)40(66)46(72-24)77-44-39(65)36(62)30(22-71-45-42(68)43(73-25(2)58)28(59)21-70-45)75-48(44)78-49(69)55-17-15-50(3,4)19-27(55)26-9-10-32-51(5)13-12-33(76-47-41(67)38(64)35(61)29(20-56)74-47)52(6,23-57)31(51)11-14-54(32,8)53(26,7)16-18-55/h9,24,27-48,56-57,59-68H,10-23H2,1-8H3/t24-,27-,28+,29+,30+,31+,32+,33-,34-,35+,36+,37+,38-,39-,40+,41+,42+,43-,44+,45-,46-,47-,48-,51-,52-,53+,54+,55-/m0/s1. The summed E-state index contributed by atoms with van der Waals surface area (Å²) in [6, 6.07) is 0. The minimum atomic E-state index is -1.92. The molecule has 446 valence electrons. The second-order valence-electron chi connectivity index (χ2n) is 26.3. The summed E-state index contributed by atoms with van der Waals surface area (Å²) in [5.41, 5.74) is -1.94. The topological polar surface area (TPSA) is 360 Å². The second kappa shape index (κ2) is 22.2. The Labute approximate surface area is 455 Å². The van der Waals surface area contributed by atoms with Crippen molar-refractivity contribution >= 4 is 11.9 Å². The van der Waals surface area contributed by atoms with E-state index in [0.29, 0.717) is 51.4 Å². The molecule has 8 fully saturated rings. The van der Waals surface area contributed by atoms with Crippen molar-refractivity contribution < 1.29 is 113 Å². The number of hydrogen-bond donors (Lipinski definition) is 12. The Morgan fingerprint density at radius 1 is 0.641 bits per heavy atom. The number of carbonyl (C=O) groups excluding carboxylic acids is 2. The molecule has 9 aliphatic rings. The van der Waals surface area contributed by atoms with Crippen molar-refractivity contribution in [2.75, 3.05) is 26.4 Å². The van der Waals surface area contributed by atoms with Gasteiger partial charge in [0.2, 0.25) is 6.29 Å². The lowest BCUT2D eigenvalue weighted by atomic mass is 9.33. The van der Waals surface area contributed by atoms with Crippen LogP contribution in [0, 0.1) is 50.2 Å². The van der Waals surface area contributed by atoms with E-state index in [0.717, 1.165) is 19.8 Å². The number of allylic oxidation sites excluding steroid dienone is 2. The van der Waals surface area contributed by atoms with E-state index in [-0.39, 0.29) is 47.2 Å². The molecule has 0 spiro atoms. The molecule has 0 aromatic heterocycles. The third-order valence-corrected chi connectivity index (χ3v) is 21.4. The van der Waals surface area contributed by atoms with Crippen molar-refractivity contribution in [3.63, 3.8) is 0 Å². The summed E-state index contributed by atoms with van der Waals surface area (Å²) in [4.78, 5) is 27.4. The highest BCUT2D eigenvalue weighted by atomic mass is 16.8. The number of aliphatic hydroxyl groups excluding tert-OH is 12. The van der Waals surface area contributed by atoms with E-state index >= 15 is 4.79 Å². The zero-order valence-electron chi connectivity index (χ0n) is 46.1. The van der Waals surface area contributed by atoms with Crippen LogP contribution >= 0.6 is 0 Å². The Bertz CT molecular complexity index is 2180. The zero-order valence-corrected chi connectivity index (χ0v) is 46.1. The second-order valence-corrected chi connectivity index (χ2v) is 26.3. The Balaban J connectivity index is 0.988. The SMILES string of the molecule is CC(=O)O[C@@H]1[C@@H](O)[C@H](OC[C@H]2O[C@@H](OC(=O)[C@]34CCC(C)(C)C[C@H]3C3=CC[C@@H]5[C@@]6(C)CC[C@H](O[C@@H]7O[C@H](CO)[C@@H](O)[C@H](O)[C@H]7O)[C@@](C)(CO)[C@@H]6CC[C@@]5(C)[C@]3(C)CC4)[C@H](O[C@@H]3O[C@@H](C)[C@H](O)[C@@H](O)[C@H]3O)[C@@H](O)[C@@H]2O)OC[C@H]1O. The van der Waals surface area contributed by atoms with Crippen LogP contribution in [0.25, 0.3) is 0 Å². The molecule has 78 heavy (non-hydrogen) atoms. The van der Waals surface area contributed by atoms with E-state index < -0.39 is 164 Å². The Hall–Kier alpha value is -2.08. The van der Waals surface area contributed by atoms with Gasteiger partial charge in [0.05, 0.1) is 44.1 Å². The average molecular weight is 1120 g/mol. The predicted molar refractivity (Wildman–Crippen MR) is 266 cm³/mol. The Kier molecular flexibility index (Phi) is 17.2. The van der Waals surface area contributed by atoms with Crippen LogP contribution in [-0.2, 0) is 52.2 Å². The zero-order chi connectivity index (χ0) is 57.0. The molecule has 0 radical (unpaired) electrons. The third-order valence-electron chi connectivity index (χ3n) is 21.4. The lowest BCUT2D eigenvalue weighted by Gasteiger charge is -2.71. The molecule has 12 N–H and O–H groups in total. The number of fused-ring (bicyclic) bond motifs is 7. The summed E-state index contributed by atoms with van der Waals surface area (Å²) in [7, 11) is 0. The van der Waals surface area contributed by atoms with Crippen molar-refractivity contribution in [3.05, 3.63) is 11.6 Å². The van der Waals surface area contributed by atoms with Crippen LogP contribution in [-0.4, -0.2) is 222 Å². The normalized spacial score (nSPS) is 53.1. The molecule has 0 aromatic rings. The van der Waals surface area contributed by atoms with Crippen LogP contribution in [0.4, 0.5) is 0 Å². The molecule has 23 heteroatoms. The number of esters is 2. The highest BCUT2D eigenvalue weighted by Gasteiger charge is 2.71. The van der Waals surface area contributed by atoms with Gasteiger partial charge in [0.25, 0.3) is 0 Å². The van der Waals surface area contributed by atoms with Gasteiger partial charge in [-0.05, 0) is 111 Å². The molecule has 23 nitrogen and oxygen atoms in total. The summed E-state index contributed by atoms with van der Waals surface area (Å²) in [6.07, 6.45) is -21.9. The van der Waals surface area contributed by atoms with Gasteiger partial charge in [0, 0.05) is 12.3 Å². The largest absolute Gasteiger partial charge is 0.457 e. The maximum Gasteiger partial charge on any atom is 0.315 e. The lowest BCUT2D eigenvalue weighted by molar-refractivity contribution is -0.365. The molecule has 4 aliphatic heterocycles. The van der Waals surface area contributed by atoms with E-state index in [2.05, 4.69) is 40.7 Å². The molecular formula is C55H88O23. The van der Waals surface area contributed by atoms with Gasteiger partial charge in [-0.1, -0.05) is 53.2 Å². The Morgan fingerprint density at radius 3 is 1.95 bits per heavy atom. The number of carbonyl (C=O) groups is 2. The minimum absolute atomic E-state index is 0.0437. The first kappa shape index (κ1) is 60.5. The smallest absolute Gasteiger partial charge is 0.315 e. The van der Waals surface area contributed by atoms with Crippen LogP contribution in [0.5, 0.6) is 0 Å². The molecule has 4 saturated carbocycles. The molecule has 5 aliphatic carbocycles. The van der Waals surface area contributed by atoms with Crippen LogP contribution in [0.15, 0.2) is 11.6 Å². The average Bonchev–Trinajstić information content (AvgIpc) is 2.94. The predicted octanol–water partition coefficient (Wildman–Crippen LogP) is -0.825. The number of hydrogen-bond acceptors (Lipinski definition) is 23. The number of rotatable bonds is 12. The van der Waals surface area contributed by atoms with Crippen molar-refractivity contribution in [2.45, 2.75) is 242 Å². The summed E-state index contributed by atoms with van der Waals surface area (Å²) in [5.74, 6) is -1.64. The molecule has 4 heterocycles. The maximum absolute atomic E-state index is 15.6. The van der Waals surface area contributed by atoms with Gasteiger partial charge in [-0.15, -0.1) is 0 Å². The maximum atomic E-state index is 15.6. The van der Waals surface area contributed by atoms with Gasteiger partial charge in [-0.3, -0.25) is 9.59 Å². The van der Waals surface area contributed by atoms with E-state index in [1.54, 1.807) is 0 Å². The van der Waals surface area contributed by atoms with Crippen molar-refractivity contribution in [1.29, 1.82) is 0 Å². The van der Waals surface area contributed by atoms with Crippen LogP contribution < -0.4 is 0 Å². The number of aliphatic hydroxyl groups is 12. The van der Waals surface area contributed by atoms with Gasteiger partial charge >= 0.3 is 11.9 Å². The van der Waals surface area contributed by atoms with Crippen LogP contribution in [0.2, 0.25) is 0 Å². The van der Waals surface area contributed by atoms with Crippen LogP contribution in [0.1, 0.15) is 120 Å². The molecule has 28 atom stereocenters. The first-order valence-corrected chi connectivity index (χ1v) is 28.1. The van der Waals surface area contributed by atoms with Crippen molar-refractivity contribution in [3.8, 4) is 0 Å². The molecule has 0 amide bonds. The quantitative estimate of drug-likeness (QED) is 0.0645. The van der Waals surface area contributed by atoms with E-state index in [9.17, 15) is 66.1 Å². The molecule has 0 bridgehead atoms.